The number of ether oxygens (including phenoxy) is 4. The second-order valence-corrected chi connectivity index (χ2v) is 10.1. The number of thiophene rings is 1. The van der Waals surface area contributed by atoms with Crippen molar-refractivity contribution in [2.75, 3.05) is 57.2 Å². The fourth-order valence-corrected chi connectivity index (χ4v) is 5.12. The lowest BCUT2D eigenvalue weighted by molar-refractivity contribution is -0.168. The maximum absolute atomic E-state index is 13.0. The van der Waals surface area contributed by atoms with Crippen LogP contribution in [0.1, 0.15) is 44.1 Å². The van der Waals surface area contributed by atoms with E-state index in [9.17, 15) is 9.59 Å². The van der Waals surface area contributed by atoms with Gasteiger partial charge in [0, 0.05) is 38.0 Å². The van der Waals surface area contributed by atoms with Gasteiger partial charge in [0.25, 0.3) is 5.91 Å². The first-order chi connectivity index (χ1) is 19.5. The minimum atomic E-state index is -0.594. The Morgan fingerprint density at radius 3 is 2.62 bits per heavy atom. The summed E-state index contributed by atoms with van der Waals surface area (Å²) in [4.78, 5) is 25.2. The van der Waals surface area contributed by atoms with Gasteiger partial charge in [0.05, 0.1) is 37.8 Å². The average molecular weight is 576 g/mol. The molecule has 1 aliphatic rings. The standard InChI is InChI=1S/C29H41N3O7S/c1-2-38-29-22(10-14-36-16-17-37-15-13-33)23(21-11-18-40-20-21)19-26(39-29)28(35)31-12-6-5-9-27(34)32-25-8-4-3-7-24(25)30/h3-4,7-8,11,18-20,22-23,29,33H,2,5-6,9-10,12-17,30H2,1H3,(H,31,35)(H,32,34)/t22-,23+,29+/m0/s1. The number of hydrogen-bond donors (Lipinski definition) is 4. The van der Waals surface area contributed by atoms with E-state index < -0.39 is 6.29 Å². The number of nitrogens with two attached hydrogens (primary N) is 1. The van der Waals surface area contributed by atoms with E-state index in [1.165, 1.54) is 0 Å². The molecule has 0 radical (unpaired) electrons. The van der Waals surface area contributed by atoms with Crippen LogP contribution in [0.3, 0.4) is 0 Å². The van der Waals surface area contributed by atoms with E-state index in [2.05, 4.69) is 22.1 Å². The zero-order valence-corrected chi connectivity index (χ0v) is 23.8. The van der Waals surface area contributed by atoms with E-state index in [-0.39, 0.29) is 36.0 Å². The van der Waals surface area contributed by atoms with Crippen LogP contribution in [-0.2, 0) is 28.5 Å². The van der Waals surface area contributed by atoms with Crippen molar-refractivity contribution in [2.24, 2.45) is 5.92 Å². The molecule has 1 aliphatic heterocycles. The molecule has 2 aromatic rings. The summed E-state index contributed by atoms with van der Waals surface area (Å²) < 4.78 is 23.0. The molecule has 40 heavy (non-hydrogen) atoms. The fraction of sp³-hybridized carbons (Fsp3) is 0.517. The number of aliphatic hydroxyl groups excluding tert-OH is 1. The third-order valence-electron chi connectivity index (χ3n) is 6.42. The van der Waals surface area contributed by atoms with Crippen molar-refractivity contribution in [3.8, 4) is 0 Å². The quantitative estimate of drug-likeness (QED) is 0.156. The molecule has 5 N–H and O–H groups in total. The van der Waals surface area contributed by atoms with Crippen LogP contribution >= 0.6 is 11.3 Å². The molecule has 10 nitrogen and oxygen atoms in total. The third kappa shape index (κ3) is 10.2. The third-order valence-corrected chi connectivity index (χ3v) is 7.12. The summed E-state index contributed by atoms with van der Waals surface area (Å²) in [5.74, 6) is -0.292. The van der Waals surface area contributed by atoms with Crippen LogP contribution in [0.25, 0.3) is 0 Å². The number of rotatable bonds is 18. The second kappa shape index (κ2) is 17.7. The van der Waals surface area contributed by atoms with Crippen LogP contribution in [0.4, 0.5) is 11.4 Å². The van der Waals surface area contributed by atoms with Crippen molar-refractivity contribution >= 4 is 34.5 Å². The van der Waals surface area contributed by atoms with Crippen molar-refractivity contribution in [1.82, 2.24) is 5.32 Å². The summed E-state index contributed by atoms with van der Waals surface area (Å²) in [6, 6.07) is 9.18. The van der Waals surface area contributed by atoms with Crippen LogP contribution < -0.4 is 16.4 Å². The highest BCUT2D eigenvalue weighted by Gasteiger charge is 2.38. The Balaban J connectivity index is 1.51. The predicted octanol–water partition coefficient (Wildman–Crippen LogP) is 3.65. The van der Waals surface area contributed by atoms with Gasteiger partial charge >= 0.3 is 0 Å². The van der Waals surface area contributed by atoms with E-state index in [1.54, 1.807) is 23.5 Å². The molecule has 2 heterocycles. The molecule has 11 heteroatoms. The molecule has 0 saturated heterocycles. The van der Waals surface area contributed by atoms with Gasteiger partial charge in [0.1, 0.15) is 0 Å². The molecule has 3 atom stereocenters. The molecule has 2 amide bonds. The molecule has 220 valence electrons. The summed E-state index contributed by atoms with van der Waals surface area (Å²) >= 11 is 1.60. The first kappa shape index (κ1) is 31.6. The Hall–Kier alpha value is -2.96. The normalized spacial score (nSPS) is 18.6. The van der Waals surface area contributed by atoms with Crippen LogP contribution in [0, 0.1) is 5.92 Å². The van der Waals surface area contributed by atoms with Gasteiger partial charge in [-0.15, -0.1) is 0 Å². The SMILES string of the molecule is CCO[C@@H]1OC(C(=O)NCCCCC(=O)Nc2ccccc2N)=C[C@H](c2ccsc2)[C@@H]1CCOCCOCCO. The van der Waals surface area contributed by atoms with Crippen molar-refractivity contribution < 1.29 is 33.6 Å². The lowest BCUT2D eigenvalue weighted by Gasteiger charge is -2.36. The zero-order valence-electron chi connectivity index (χ0n) is 23.0. The fourth-order valence-electron chi connectivity index (χ4n) is 4.41. The number of anilines is 2. The number of carbonyl (C=O) groups excluding carboxylic acids is 2. The molecule has 1 aromatic carbocycles. The largest absolute Gasteiger partial charge is 0.459 e. The Kier molecular flexibility index (Phi) is 13.9. The molecule has 0 bridgehead atoms. The van der Waals surface area contributed by atoms with E-state index in [4.69, 9.17) is 29.8 Å². The number of benzene rings is 1. The maximum atomic E-state index is 13.0. The molecular weight excluding hydrogens is 534 g/mol. The maximum Gasteiger partial charge on any atom is 0.286 e. The lowest BCUT2D eigenvalue weighted by Crippen LogP contribution is -2.39. The van der Waals surface area contributed by atoms with Gasteiger partial charge in [-0.2, -0.15) is 11.3 Å². The van der Waals surface area contributed by atoms with Crippen molar-refractivity contribution in [3.05, 3.63) is 58.5 Å². The minimum absolute atomic E-state index is 0.0120. The molecule has 1 aromatic heterocycles. The highest BCUT2D eigenvalue weighted by molar-refractivity contribution is 7.08. The van der Waals surface area contributed by atoms with Crippen molar-refractivity contribution in [1.29, 1.82) is 0 Å². The first-order valence-electron chi connectivity index (χ1n) is 13.7. The summed E-state index contributed by atoms with van der Waals surface area (Å²) in [5.41, 5.74) is 8.10. The van der Waals surface area contributed by atoms with E-state index in [0.717, 1.165) is 5.56 Å². The highest BCUT2D eigenvalue weighted by Crippen LogP contribution is 2.39. The number of aliphatic hydroxyl groups is 1. The molecule has 0 fully saturated rings. The van der Waals surface area contributed by atoms with Crippen molar-refractivity contribution in [2.45, 2.75) is 44.8 Å². The first-order valence-corrected chi connectivity index (χ1v) is 14.7. The van der Waals surface area contributed by atoms with Gasteiger partial charge in [0.2, 0.25) is 12.2 Å². The summed E-state index contributed by atoms with van der Waals surface area (Å²) in [5, 5.41) is 18.6. The van der Waals surface area contributed by atoms with E-state index in [1.807, 2.05) is 30.5 Å². The van der Waals surface area contributed by atoms with Gasteiger partial charge in [0.15, 0.2) is 5.76 Å². The number of allylic oxidation sites excluding steroid dienone is 1. The summed E-state index contributed by atoms with van der Waals surface area (Å²) in [6.07, 6.45) is 3.54. The minimum Gasteiger partial charge on any atom is -0.459 e. The Labute approximate surface area is 239 Å². The lowest BCUT2D eigenvalue weighted by atomic mass is 9.82. The van der Waals surface area contributed by atoms with Crippen molar-refractivity contribution in [3.63, 3.8) is 0 Å². The molecule has 0 saturated carbocycles. The number of carbonyl (C=O) groups is 2. The van der Waals surface area contributed by atoms with E-state index >= 15 is 0 Å². The van der Waals surface area contributed by atoms with Crippen LogP contribution in [0.5, 0.6) is 0 Å². The smallest absolute Gasteiger partial charge is 0.286 e. The second-order valence-electron chi connectivity index (χ2n) is 9.30. The summed E-state index contributed by atoms with van der Waals surface area (Å²) in [7, 11) is 0. The number of nitrogen functional groups attached to an aromatic ring is 1. The van der Waals surface area contributed by atoms with Gasteiger partial charge in [-0.25, -0.2) is 0 Å². The zero-order chi connectivity index (χ0) is 28.6. The summed E-state index contributed by atoms with van der Waals surface area (Å²) in [6.45, 7) is 4.37. The number of para-hydroxylation sites is 2. The van der Waals surface area contributed by atoms with Gasteiger partial charge in [-0.05, 0) is 66.8 Å². The van der Waals surface area contributed by atoms with Gasteiger partial charge in [-0.3, -0.25) is 9.59 Å². The molecule has 0 spiro atoms. The Bertz CT molecular complexity index is 1060. The molecule has 0 unspecified atom stereocenters. The number of hydrogen-bond acceptors (Lipinski definition) is 9. The van der Waals surface area contributed by atoms with Crippen LogP contribution in [0.15, 0.2) is 52.9 Å². The topological polar surface area (TPSA) is 141 Å². The average Bonchev–Trinajstić information content (AvgIpc) is 3.49. The molecule has 0 aliphatic carbocycles. The highest BCUT2D eigenvalue weighted by atomic mass is 32.1. The number of nitrogens with one attached hydrogen (secondary N) is 2. The Morgan fingerprint density at radius 1 is 1.10 bits per heavy atom. The Morgan fingerprint density at radius 2 is 1.90 bits per heavy atom. The van der Waals surface area contributed by atoms with Gasteiger partial charge < -0.3 is 40.4 Å². The van der Waals surface area contributed by atoms with Crippen LogP contribution in [0.2, 0.25) is 0 Å². The van der Waals surface area contributed by atoms with E-state index in [0.29, 0.717) is 76.6 Å². The number of amides is 2. The predicted molar refractivity (Wildman–Crippen MR) is 155 cm³/mol. The van der Waals surface area contributed by atoms with Gasteiger partial charge in [-0.1, -0.05) is 12.1 Å². The molecule has 3 rings (SSSR count). The van der Waals surface area contributed by atoms with Crippen LogP contribution in [-0.4, -0.2) is 69.4 Å². The number of unbranched alkanes of at least 4 members (excludes halogenated alkanes) is 1. The monoisotopic (exact) mass is 575 g/mol. The molecular formula is C29H41N3O7S.